The van der Waals surface area contributed by atoms with E-state index in [4.69, 9.17) is 9.47 Å². The van der Waals surface area contributed by atoms with Gasteiger partial charge in [0.05, 0.1) is 13.7 Å². The molecule has 0 spiro atoms. The molecular formula is C16H24N2O3. The van der Waals surface area contributed by atoms with E-state index in [1.807, 2.05) is 25.1 Å². The molecule has 0 atom stereocenters. The zero-order valence-electron chi connectivity index (χ0n) is 13.0. The first-order chi connectivity index (χ1) is 10.1. The minimum Gasteiger partial charge on any atom is -0.497 e. The Morgan fingerprint density at radius 1 is 1.38 bits per heavy atom. The van der Waals surface area contributed by atoms with E-state index in [0.29, 0.717) is 12.6 Å². The fourth-order valence-corrected chi connectivity index (χ4v) is 2.57. The van der Waals surface area contributed by atoms with Gasteiger partial charge in [-0.1, -0.05) is 0 Å². The van der Waals surface area contributed by atoms with E-state index >= 15 is 0 Å². The van der Waals surface area contributed by atoms with Crippen LogP contribution in [-0.4, -0.2) is 43.8 Å². The van der Waals surface area contributed by atoms with Gasteiger partial charge in [0.15, 0.2) is 0 Å². The summed E-state index contributed by atoms with van der Waals surface area (Å²) in [5.41, 5.74) is 2.30. The Kier molecular flexibility index (Phi) is 5.31. The number of hydrogen-bond acceptors (Lipinski definition) is 4. The third-order valence-corrected chi connectivity index (χ3v) is 3.81. The highest BCUT2D eigenvalue weighted by atomic mass is 16.6. The van der Waals surface area contributed by atoms with Crippen LogP contribution in [0, 0.1) is 6.92 Å². The van der Waals surface area contributed by atoms with E-state index in [9.17, 15) is 4.79 Å². The van der Waals surface area contributed by atoms with Crippen LogP contribution >= 0.6 is 0 Å². The fraction of sp³-hybridized carbons (Fsp3) is 0.562. The van der Waals surface area contributed by atoms with Gasteiger partial charge in [-0.3, -0.25) is 0 Å². The Morgan fingerprint density at radius 3 is 2.67 bits per heavy atom. The molecule has 0 radical (unpaired) electrons. The van der Waals surface area contributed by atoms with Crippen molar-refractivity contribution in [1.29, 1.82) is 0 Å². The van der Waals surface area contributed by atoms with Gasteiger partial charge in [0, 0.05) is 24.8 Å². The lowest BCUT2D eigenvalue weighted by atomic mass is 10.0. The second-order valence-corrected chi connectivity index (χ2v) is 5.29. The summed E-state index contributed by atoms with van der Waals surface area (Å²) in [6, 6.07) is 6.42. The zero-order valence-corrected chi connectivity index (χ0v) is 13.0. The predicted molar refractivity (Wildman–Crippen MR) is 83.0 cm³/mol. The van der Waals surface area contributed by atoms with Crippen molar-refractivity contribution in [2.75, 3.05) is 32.1 Å². The van der Waals surface area contributed by atoms with Crippen LogP contribution in [-0.2, 0) is 4.74 Å². The van der Waals surface area contributed by atoms with Gasteiger partial charge < -0.3 is 19.7 Å². The number of nitrogens with zero attached hydrogens (tertiary/aromatic N) is 1. The van der Waals surface area contributed by atoms with Crippen molar-refractivity contribution in [2.24, 2.45) is 0 Å². The summed E-state index contributed by atoms with van der Waals surface area (Å²) in [4.78, 5) is 13.4. The van der Waals surface area contributed by atoms with Crippen molar-refractivity contribution < 1.29 is 14.3 Å². The number of benzene rings is 1. The normalized spacial score (nSPS) is 15.7. The van der Waals surface area contributed by atoms with Crippen LogP contribution in [0.3, 0.4) is 0 Å². The van der Waals surface area contributed by atoms with E-state index in [0.717, 1.165) is 37.4 Å². The number of carbonyl (C=O) groups is 1. The summed E-state index contributed by atoms with van der Waals surface area (Å²) < 4.78 is 10.2. The number of ether oxygens (including phenoxy) is 2. The molecule has 1 heterocycles. The van der Waals surface area contributed by atoms with Gasteiger partial charge in [-0.05, 0) is 50.5 Å². The van der Waals surface area contributed by atoms with Crippen molar-refractivity contribution in [3.05, 3.63) is 23.8 Å². The van der Waals surface area contributed by atoms with Gasteiger partial charge in [-0.15, -0.1) is 0 Å². The van der Waals surface area contributed by atoms with Crippen LogP contribution in [0.5, 0.6) is 5.75 Å². The number of piperidine rings is 1. The molecule has 0 aliphatic carbocycles. The van der Waals surface area contributed by atoms with Gasteiger partial charge >= 0.3 is 6.09 Å². The third-order valence-electron chi connectivity index (χ3n) is 3.81. The first kappa shape index (κ1) is 15.5. The molecular weight excluding hydrogens is 268 g/mol. The molecule has 1 aromatic rings. The molecule has 2 rings (SSSR count). The first-order valence-corrected chi connectivity index (χ1v) is 7.47. The number of amides is 1. The van der Waals surface area contributed by atoms with E-state index in [-0.39, 0.29) is 6.09 Å². The average Bonchev–Trinajstić information content (AvgIpc) is 2.50. The summed E-state index contributed by atoms with van der Waals surface area (Å²) in [5.74, 6) is 0.871. The highest BCUT2D eigenvalue weighted by molar-refractivity contribution is 5.67. The Balaban J connectivity index is 1.87. The predicted octanol–water partition coefficient (Wildman–Crippen LogP) is 3.04. The van der Waals surface area contributed by atoms with Gasteiger partial charge in [-0.25, -0.2) is 4.79 Å². The SMILES string of the molecule is CCOC(=O)N1CCC(Nc2ccc(OC)cc2C)CC1. The second-order valence-electron chi connectivity index (χ2n) is 5.29. The minimum atomic E-state index is -0.198. The maximum atomic E-state index is 11.7. The van der Waals surface area contributed by atoms with Gasteiger partial charge in [-0.2, -0.15) is 0 Å². The lowest BCUT2D eigenvalue weighted by Crippen LogP contribution is -2.42. The summed E-state index contributed by atoms with van der Waals surface area (Å²) in [5, 5.41) is 3.56. The summed E-state index contributed by atoms with van der Waals surface area (Å²) in [6.07, 6.45) is 1.67. The van der Waals surface area contributed by atoms with Gasteiger partial charge in [0.2, 0.25) is 0 Å². The molecule has 1 N–H and O–H groups in total. The maximum absolute atomic E-state index is 11.7. The average molecular weight is 292 g/mol. The third kappa shape index (κ3) is 4.03. The van der Waals surface area contributed by atoms with Crippen molar-refractivity contribution in [3.63, 3.8) is 0 Å². The molecule has 116 valence electrons. The van der Waals surface area contributed by atoms with Crippen LogP contribution in [0.4, 0.5) is 10.5 Å². The number of methoxy groups -OCH3 is 1. The van der Waals surface area contributed by atoms with Crippen molar-refractivity contribution in [1.82, 2.24) is 4.90 Å². The quantitative estimate of drug-likeness (QED) is 0.926. The molecule has 5 nitrogen and oxygen atoms in total. The minimum absolute atomic E-state index is 0.198. The van der Waals surface area contributed by atoms with Crippen LogP contribution in [0.2, 0.25) is 0 Å². The van der Waals surface area contributed by atoms with E-state index in [1.165, 1.54) is 5.56 Å². The molecule has 1 saturated heterocycles. The smallest absolute Gasteiger partial charge is 0.409 e. The Bertz CT molecular complexity index is 482. The molecule has 0 bridgehead atoms. The Labute approximate surface area is 126 Å². The lowest BCUT2D eigenvalue weighted by molar-refractivity contribution is 0.0983. The molecule has 1 fully saturated rings. The Hall–Kier alpha value is -1.91. The van der Waals surface area contributed by atoms with Gasteiger partial charge in [0.1, 0.15) is 5.75 Å². The largest absolute Gasteiger partial charge is 0.497 e. The van der Waals surface area contributed by atoms with E-state index in [1.54, 1.807) is 12.0 Å². The number of nitrogens with one attached hydrogen (secondary N) is 1. The molecule has 0 aromatic heterocycles. The van der Waals surface area contributed by atoms with Crippen LogP contribution in [0.15, 0.2) is 18.2 Å². The van der Waals surface area contributed by atoms with Crippen molar-refractivity contribution in [3.8, 4) is 5.75 Å². The highest BCUT2D eigenvalue weighted by Crippen LogP contribution is 2.24. The molecule has 1 amide bonds. The van der Waals surface area contributed by atoms with Crippen LogP contribution < -0.4 is 10.1 Å². The number of rotatable bonds is 4. The number of likely N-dealkylation sites (tertiary alicyclic amines) is 1. The highest BCUT2D eigenvalue weighted by Gasteiger charge is 2.23. The molecule has 21 heavy (non-hydrogen) atoms. The maximum Gasteiger partial charge on any atom is 0.409 e. The molecule has 5 heteroatoms. The monoisotopic (exact) mass is 292 g/mol. The van der Waals surface area contributed by atoms with Gasteiger partial charge in [0.25, 0.3) is 0 Å². The standard InChI is InChI=1S/C16H24N2O3/c1-4-21-16(19)18-9-7-13(8-10-18)17-15-6-5-14(20-3)11-12(15)2/h5-6,11,13,17H,4,7-10H2,1-3H3. The van der Waals surface area contributed by atoms with Crippen molar-refractivity contribution in [2.45, 2.75) is 32.7 Å². The first-order valence-electron chi connectivity index (χ1n) is 7.47. The number of carbonyl (C=O) groups excluding carboxylic acids is 1. The summed E-state index contributed by atoms with van der Waals surface area (Å²) >= 11 is 0. The molecule has 1 aromatic carbocycles. The topological polar surface area (TPSA) is 50.8 Å². The summed E-state index contributed by atoms with van der Waals surface area (Å²) in [6.45, 7) is 5.82. The van der Waals surface area contributed by atoms with Crippen LogP contribution in [0.1, 0.15) is 25.3 Å². The lowest BCUT2D eigenvalue weighted by Gasteiger charge is -2.32. The molecule has 1 aliphatic heterocycles. The zero-order chi connectivity index (χ0) is 15.2. The fourth-order valence-electron chi connectivity index (χ4n) is 2.57. The van der Waals surface area contributed by atoms with E-state index in [2.05, 4.69) is 12.2 Å². The van der Waals surface area contributed by atoms with E-state index < -0.39 is 0 Å². The number of aryl methyl sites for hydroxylation is 1. The second kappa shape index (κ2) is 7.20. The molecule has 0 unspecified atom stereocenters. The Morgan fingerprint density at radius 2 is 2.10 bits per heavy atom. The van der Waals surface area contributed by atoms with Crippen molar-refractivity contribution >= 4 is 11.8 Å². The molecule has 0 saturated carbocycles. The molecule has 1 aliphatic rings. The summed E-state index contributed by atoms with van der Waals surface area (Å²) in [7, 11) is 1.67. The van der Waals surface area contributed by atoms with Crippen LogP contribution in [0.25, 0.3) is 0 Å². The number of hydrogen-bond donors (Lipinski definition) is 1. The number of anilines is 1.